The smallest absolute Gasteiger partial charge is 0.172 e. The first-order chi connectivity index (χ1) is 10.2. The molecule has 1 unspecified atom stereocenters. The van der Waals surface area contributed by atoms with Crippen molar-refractivity contribution >= 4 is 22.9 Å². The Balaban J connectivity index is 2.49. The van der Waals surface area contributed by atoms with Gasteiger partial charge in [0.2, 0.25) is 0 Å². The van der Waals surface area contributed by atoms with Crippen LogP contribution in [0.25, 0.3) is 0 Å². The number of rotatable bonds is 9. The average Bonchev–Trinajstić information content (AvgIpc) is 2.90. The number of hydrogen-bond donors (Lipinski definition) is 0. The standard InChI is InChI=1S/C18H28O3S/c1-13(2)16(20)12-14(21-18(3,4)5)8-6-9-15(19)17-10-7-11-22-17/h7,10-11,13-14H,6,8-9,12H2,1-5H3. The summed E-state index contributed by atoms with van der Waals surface area (Å²) >= 11 is 1.48. The Morgan fingerprint density at radius 2 is 1.95 bits per heavy atom. The van der Waals surface area contributed by atoms with E-state index in [-0.39, 0.29) is 29.2 Å². The lowest BCUT2D eigenvalue weighted by molar-refractivity contribution is -0.128. The highest BCUT2D eigenvalue weighted by Gasteiger charge is 2.22. The van der Waals surface area contributed by atoms with Crippen LogP contribution in [-0.4, -0.2) is 23.3 Å². The van der Waals surface area contributed by atoms with E-state index < -0.39 is 0 Å². The van der Waals surface area contributed by atoms with E-state index in [0.717, 1.165) is 17.7 Å². The maximum atomic E-state index is 12.0. The first-order valence-electron chi connectivity index (χ1n) is 7.96. The summed E-state index contributed by atoms with van der Waals surface area (Å²) in [6, 6.07) is 3.75. The van der Waals surface area contributed by atoms with Crippen molar-refractivity contribution in [2.24, 2.45) is 5.92 Å². The van der Waals surface area contributed by atoms with E-state index in [1.54, 1.807) is 0 Å². The Morgan fingerprint density at radius 1 is 1.27 bits per heavy atom. The van der Waals surface area contributed by atoms with E-state index in [0.29, 0.717) is 12.8 Å². The van der Waals surface area contributed by atoms with Crippen molar-refractivity contribution in [3.63, 3.8) is 0 Å². The van der Waals surface area contributed by atoms with Crippen LogP contribution in [0.15, 0.2) is 17.5 Å². The highest BCUT2D eigenvalue weighted by molar-refractivity contribution is 7.12. The molecule has 0 aliphatic rings. The number of carbonyl (C=O) groups is 2. The molecule has 0 saturated heterocycles. The first kappa shape index (κ1) is 19.0. The van der Waals surface area contributed by atoms with Crippen LogP contribution in [-0.2, 0) is 9.53 Å². The molecule has 3 nitrogen and oxygen atoms in total. The average molecular weight is 324 g/mol. The van der Waals surface area contributed by atoms with Crippen LogP contribution in [0.2, 0.25) is 0 Å². The van der Waals surface area contributed by atoms with Crippen molar-refractivity contribution in [1.29, 1.82) is 0 Å². The van der Waals surface area contributed by atoms with Gasteiger partial charge in [0.1, 0.15) is 5.78 Å². The highest BCUT2D eigenvalue weighted by Crippen LogP contribution is 2.21. The van der Waals surface area contributed by atoms with Gasteiger partial charge in [-0.2, -0.15) is 0 Å². The number of Topliss-reactive ketones (excluding diaryl/α,β-unsaturated/α-hetero) is 2. The zero-order valence-electron chi connectivity index (χ0n) is 14.3. The van der Waals surface area contributed by atoms with Gasteiger partial charge >= 0.3 is 0 Å². The Labute approximate surface area is 138 Å². The van der Waals surface area contributed by atoms with Crippen LogP contribution >= 0.6 is 11.3 Å². The molecule has 0 spiro atoms. The van der Waals surface area contributed by atoms with Crippen molar-refractivity contribution in [1.82, 2.24) is 0 Å². The van der Waals surface area contributed by atoms with Crippen molar-refractivity contribution in [3.05, 3.63) is 22.4 Å². The zero-order chi connectivity index (χ0) is 16.8. The number of ether oxygens (including phenoxy) is 1. The van der Waals surface area contributed by atoms with Gasteiger partial charge in [0, 0.05) is 18.8 Å². The van der Waals surface area contributed by atoms with Crippen molar-refractivity contribution in [3.8, 4) is 0 Å². The maximum Gasteiger partial charge on any atom is 0.172 e. The number of hydrogen-bond acceptors (Lipinski definition) is 4. The van der Waals surface area contributed by atoms with Gasteiger partial charge in [-0.3, -0.25) is 9.59 Å². The van der Waals surface area contributed by atoms with E-state index >= 15 is 0 Å². The molecule has 0 fully saturated rings. The molecule has 1 atom stereocenters. The summed E-state index contributed by atoms with van der Waals surface area (Å²) in [7, 11) is 0. The fourth-order valence-electron chi connectivity index (χ4n) is 2.21. The molecule has 0 aliphatic carbocycles. The molecule has 0 saturated carbocycles. The predicted octanol–water partition coefficient (Wildman–Crippen LogP) is 4.90. The predicted molar refractivity (Wildman–Crippen MR) is 91.6 cm³/mol. The molecule has 4 heteroatoms. The molecular weight excluding hydrogens is 296 g/mol. The van der Waals surface area contributed by atoms with E-state index in [1.165, 1.54) is 11.3 Å². The Kier molecular flexibility index (Phi) is 7.43. The van der Waals surface area contributed by atoms with Crippen LogP contribution < -0.4 is 0 Å². The van der Waals surface area contributed by atoms with Gasteiger partial charge in [0.15, 0.2) is 5.78 Å². The maximum absolute atomic E-state index is 12.0. The van der Waals surface area contributed by atoms with Crippen molar-refractivity contribution in [2.75, 3.05) is 0 Å². The highest BCUT2D eigenvalue weighted by atomic mass is 32.1. The molecule has 1 aromatic rings. The first-order valence-corrected chi connectivity index (χ1v) is 8.84. The molecule has 0 N–H and O–H groups in total. The second kappa shape index (κ2) is 8.59. The van der Waals surface area contributed by atoms with Gasteiger partial charge in [-0.15, -0.1) is 11.3 Å². The molecule has 1 heterocycles. The van der Waals surface area contributed by atoms with Gasteiger partial charge in [0.05, 0.1) is 16.6 Å². The lowest BCUT2D eigenvalue weighted by Crippen LogP contribution is -2.30. The second-order valence-corrected chi connectivity index (χ2v) is 7.92. The molecule has 1 rings (SSSR count). The topological polar surface area (TPSA) is 43.4 Å². The van der Waals surface area contributed by atoms with Crippen LogP contribution in [0.3, 0.4) is 0 Å². The fourth-order valence-corrected chi connectivity index (χ4v) is 2.91. The normalized spacial score (nSPS) is 13.4. The minimum Gasteiger partial charge on any atom is -0.372 e. The third-order valence-electron chi connectivity index (χ3n) is 3.32. The van der Waals surface area contributed by atoms with E-state index in [4.69, 9.17) is 4.74 Å². The van der Waals surface area contributed by atoms with Crippen LogP contribution in [0.1, 0.15) is 70.0 Å². The molecule has 0 amide bonds. The number of ketones is 2. The summed E-state index contributed by atoms with van der Waals surface area (Å²) in [6.07, 6.45) is 2.34. The van der Waals surface area contributed by atoms with Gasteiger partial charge in [-0.25, -0.2) is 0 Å². The van der Waals surface area contributed by atoms with Crippen molar-refractivity contribution in [2.45, 2.75) is 72.0 Å². The lowest BCUT2D eigenvalue weighted by Gasteiger charge is -2.27. The van der Waals surface area contributed by atoms with E-state index in [9.17, 15) is 9.59 Å². The molecule has 22 heavy (non-hydrogen) atoms. The monoisotopic (exact) mass is 324 g/mol. The summed E-state index contributed by atoms with van der Waals surface area (Å²) in [5.41, 5.74) is -0.278. The summed E-state index contributed by atoms with van der Waals surface area (Å²) in [5, 5.41) is 1.92. The molecule has 0 aromatic carbocycles. The summed E-state index contributed by atoms with van der Waals surface area (Å²) < 4.78 is 6.00. The van der Waals surface area contributed by atoms with Gasteiger partial charge in [-0.1, -0.05) is 19.9 Å². The Bertz CT molecular complexity index is 469. The SMILES string of the molecule is CC(C)C(=O)CC(CCCC(=O)c1cccs1)OC(C)(C)C. The molecule has 0 bridgehead atoms. The minimum atomic E-state index is -0.278. The third-order valence-corrected chi connectivity index (χ3v) is 4.23. The summed E-state index contributed by atoms with van der Waals surface area (Å²) in [4.78, 5) is 24.8. The molecule has 1 aromatic heterocycles. The van der Waals surface area contributed by atoms with Gasteiger partial charge < -0.3 is 4.74 Å². The number of carbonyl (C=O) groups excluding carboxylic acids is 2. The second-order valence-electron chi connectivity index (χ2n) is 6.97. The minimum absolute atomic E-state index is 0.0267. The molecule has 0 aliphatic heterocycles. The Hall–Kier alpha value is -1.00. The summed E-state index contributed by atoms with van der Waals surface area (Å²) in [5.74, 6) is 0.428. The molecular formula is C18H28O3S. The fraction of sp³-hybridized carbons (Fsp3) is 0.667. The van der Waals surface area contributed by atoms with Gasteiger partial charge in [0.25, 0.3) is 0 Å². The third kappa shape index (κ3) is 7.32. The quantitative estimate of drug-likeness (QED) is 0.607. The van der Waals surface area contributed by atoms with E-state index in [2.05, 4.69) is 0 Å². The lowest BCUT2D eigenvalue weighted by atomic mass is 9.98. The van der Waals surface area contributed by atoms with E-state index in [1.807, 2.05) is 52.1 Å². The largest absolute Gasteiger partial charge is 0.372 e. The molecule has 124 valence electrons. The Morgan fingerprint density at radius 3 is 2.45 bits per heavy atom. The van der Waals surface area contributed by atoms with Crippen LogP contribution in [0.5, 0.6) is 0 Å². The van der Waals surface area contributed by atoms with Gasteiger partial charge in [-0.05, 0) is 45.1 Å². The zero-order valence-corrected chi connectivity index (χ0v) is 15.2. The van der Waals surface area contributed by atoms with Crippen LogP contribution in [0.4, 0.5) is 0 Å². The van der Waals surface area contributed by atoms with Crippen molar-refractivity contribution < 1.29 is 14.3 Å². The summed E-state index contributed by atoms with van der Waals surface area (Å²) in [6.45, 7) is 9.82. The van der Waals surface area contributed by atoms with Crippen LogP contribution in [0, 0.1) is 5.92 Å². The molecule has 0 radical (unpaired) electrons. The number of thiophene rings is 1.